The van der Waals surface area contributed by atoms with Crippen molar-refractivity contribution < 1.29 is 26.5 Å². The van der Waals surface area contributed by atoms with Crippen LogP contribution in [0.3, 0.4) is 0 Å². The van der Waals surface area contributed by atoms with E-state index in [1.807, 2.05) is 30.3 Å². The Labute approximate surface area is 128 Å². The maximum atomic E-state index is 13.9. The average molecular weight is 331 g/mol. The summed E-state index contributed by atoms with van der Waals surface area (Å²) in [5.74, 6) is 0. The Morgan fingerprint density at radius 3 is 2.64 bits per heavy atom. The minimum atomic E-state index is -3.72. The smallest absolute Gasteiger partial charge is 0.410 e. The van der Waals surface area contributed by atoms with Crippen LogP contribution in [0.25, 0.3) is 0 Å². The van der Waals surface area contributed by atoms with Gasteiger partial charge in [-0.05, 0) is 12.0 Å². The Kier molecular flexibility index (Phi) is 5.36. The zero-order valence-corrected chi connectivity index (χ0v) is 13.0. The SMILES string of the molecule is CS(=O)(=O)O[C@H]1CCN(C(=O)OCc2ccccc2)C[C@@H]1F. The van der Waals surface area contributed by atoms with E-state index >= 15 is 0 Å². The molecule has 1 amide bonds. The van der Waals surface area contributed by atoms with Gasteiger partial charge in [0.05, 0.1) is 12.8 Å². The van der Waals surface area contributed by atoms with Crippen LogP contribution in [-0.2, 0) is 25.6 Å². The number of likely N-dealkylation sites (tertiary alicyclic amines) is 1. The molecular weight excluding hydrogens is 313 g/mol. The molecule has 1 aliphatic heterocycles. The number of carbonyl (C=O) groups excluding carboxylic acids is 1. The molecular formula is C14H18FNO5S. The molecule has 122 valence electrons. The Morgan fingerprint density at radius 1 is 1.36 bits per heavy atom. The molecule has 0 saturated carbocycles. The Balaban J connectivity index is 1.83. The van der Waals surface area contributed by atoms with E-state index in [4.69, 9.17) is 4.74 Å². The molecule has 0 aliphatic carbocycles. The fourth-order valence-corrected chi connectivity index (χ4v) is 2.86. The zero-order valence-electron chi connectivity index (χ0n) is 12.1. The van der Waals surface area contributed by atoms with Crippen LogP contribution >= 0.6 is 0 Å². The van der Waals surface area contributed by atoms with Crippen LogP contribution in [0, 0.1) is 0 Å². The number of rotatable bonds is 4. The first-order valence-electron chi connectivity index (χ1n) is 6.83. The molecule has 0 spiro atoms. The summed E-state index contributed by atoms with van der Waals surface area (Å²) in [5, 5.41) is 0. The van der Waals surface area contributed by atoms with Crippen LogP contribution in [0.15, 0.2) is 30.3 Å². The van der Waals surface area contributed by atoms with E-state index in [1.54, 1.807) is 0 Å². The topological polar surface area (TPSA) is 72.9 Å². The Morgan fingerprint density at radius 2 is 2.05 bits per heavy atom. The van der Waals surface area contributed by atoms with Crippen molar-refractivity contribution in [3.8, 4) is 0 Å². The molecule has 2 rings (SSSR count). The maximum absolute atomic E-state index is 13.9. The third kappa shape index (κ3) is 4.96. The van der Waals surface area contributed by atoms with Gasteiger partial charge in [-0.1, -0.05) is 30.3 Å². The van der Waals surface area contributed by atoms with Gasteiger partial charge in [0.15, 0.2) is 0 Å². The van der Waals surface area contributed by atoms with Gasteiger partial charge in [-0.25, -0.2) is 9.18 Å². The molecule has 1 aliphatic rings. The summed E-state index contributed by atoms with van der Waals surface area (Å²) in [6, 6.07) is 9.14. The van der Waals surface area contributed by atoms with E-state index in [0.29, 0.717) is 0 Å². The summed E-state index contributed by atoms with van der Waals surface area (Å²) in [6.07, 6.45) is -2.25. The molecule has 2 atom stereocenters. The van der Waals surface area contributed by atoms with Crippen molar-refractivity contribution >= 4 is 16.2 Å². The highest BCUT2D eigenvalue weighted by molar-refractivity contribution is 7.86. The van der Waals surface area contributed by atoms with Crippen LogP contribution in [0.4, 0.5) is 9.18 Å². The van der Waals surface area contributed by atoms with Gasteiger partial charge in [-0.3, -0.25) is 4.18 Å². The third-order valence-corrected chi connectivity index (χ3v) is 3.84. The van der Waals surface area contributed by atoms with Crippen LogP contribution < -0.4 is 0 Å². The van der Waals surface area contributed by atoms with E-state index in [9.17, 15) is 17.6 Å². The number of ether oxygens (including phenoxy) is 1. The molecule has 1 saturated heterocycles. The Hall–Kier alpha value is -1.67. The molecule has 1 heterocycles. The maximum Gasteiger partial charge on any atom is 0.410 e. The summed E-state index contributed by atoms with van der Waals surface area (Å²) in [6.45, 7) is 0.0540. The average Bonchev–Trinajstić information content (AvgIpc) is 2.46. The quantitative estimate of drug-likeness (QED) is 0.786. The van der Waals surface area contributed by atoms with Gasteiger partial charge < -0.3 is 9.64 Å². The van der Waals surface area contributed by atoms with Crippen molar-refractivity contribution in [3.63, 3.8) is 0 Å². The van der Waals surface area contributed by atoms with Crippen molar-refractivity contribution in [2.75, 3.05) is 19.3 Å². The molecule has 1 fully saturated rings. The van der Waals surface area contributed by atoms with E-state index in [0.717, 1.165) is 11.8 Å². The van der Waals surface area contributed by atoms with E-state index in [2.05, 4.69) is 4.18 Å². The highest BCUT2D eigenvalue weighted by Gasteiger charge is 2.34. The number of hydrogen-bond donors (Lipinski definition) is 0. The van der Waals surface area contributed by atoms with Crippen molar-refractivity contribution in [3.05, 3.63) is 35.9 Å². The normalized spacial score (nSPS) is 22.4. The van der Waals surface area contributed by atoms with Crippen LogP contribution in [0.5, 0.6) is 0 Å². The van der Waals surface area contributed by atoms with Crippen molar-refractivity contribution in [2.24, 2.45) is 0 Å². The second-order valence-electron chi connectivity index (χ2n) is 5.13. The first-order chi connectivity index (χ1) is 10.3. The molecule has 1 aromatic rings. The third-order valence-electron chi connectivity index (χ3n) is 3.24. The lowest BCUT2D eigenvalue weighted by Crippen LogP contribution is -2.48. The lowest BCUT2D eigenvalue weighted by Gasteiger charge is -2.33. The summed E-state index contributed by atoms with van der Waals surface area (Å²) in [7, 11) is -3.72. The van der Waals surface area contributed by atoms with Crippen molar-refractivity contribution in [2.45, 2.75) is 25.3 Å². The lowest BCUT2D eigenvalue weighted by molar-refractivity contribution is 0.0180. The first kappa shape index (κ1) is 16.7. The molecule has 0 unspecified atom stereocenters. The van der Waals surface area contributed by atoms with Gasteiger partial charge in [0, 0.05) is 6.54 Å². The van der Waals surface area contributed by atoms with Crippen LogP contribution in [0.2, 0.25) is 0 Å². The largest absolute Gasteiger partial charge is 0.445 e. The highest BCUT2D eigenvalue weighted by Crippen LogP contribution is 2.19. The van der Waals surface area contributed by atoms with Gasteiger partial charge in [0.25, 0.3) is 10.1 Å². The molecule has 1 aromatic carbocycles. The van der Waals surface area contributed by atoms with Gasteiger partial charge in [0.1, 0.15) is 18.9 Å². The second kappa shape index (κ2) is 7.06. The highest BCUT2D eigenvalue weighted by atomic mass is 32.2. The van der Waals surface area contributed by atoms with Gasteiger partial charge >= 0.3 is 6.09 Å². The number of benzene rings is 1. The molecule has 0 bridgehead atoms. The molecule has 6 nitrogen and oxygen atoms in total. The lowest BCUT2D eigenvalue weighted by atomic mass is 10.1. The minimum absolute atomic E-state index is 0.106. The van der Waals surface area contributed by atoms with Gasteiger partial charge in [-0.15, -0.1) is 0 Å². The molecule has 22 heavy (non-hydrogen) atoms. The van der Waals surface area contributed by atoms with E-state index < -0.39 is 28.5 Å². The fraction of sp³-hybridized carbons (Fsp3) is 0.500. The van der Waals surface area contributed by atoms with Gasteiger partial charge in [0.2, 0.25) is 0 Å². The summed E-state index contributed by atoms with van der Waals surface area (Å²) in [4.78, 5) is 13.1. The first-order valence-corrected chi connectivity index (χ1v) is 8.65. The van der Waals surface area contributed by atoms with Crippen LogP contribution in [-0.4, -0.2) is 51.0 Å². The number of piperidine rings is 1. The van der Waals surface area contributed by atoms with E-state index in [1.165, 1.54) is 4.90 Å². The predicted molar refractivity (Wildman–Crippen MR) is 77.4 cm³/mol. The molecule has 0 radical (unpaired) electrons. The molecule has 0 N–H and O–H groups in total. The number of nitrogens with zero attached hydrogens (tertiary/aromatic N) is 1. The predicted octanol–water partition coefficient (Wildman–Crippen LogP) is 1.71. The second-order valence-corrected chi connectivity index (χ2v) is 6.73. The number of carbonyl (C=O) groups is 1. The van der Waals surface area contributed by atoms with E-state index in [-0.39, 0.29) is 26.1 Å². The Bertz CT molecular complexity index is 607. The van der Waals surface area contributed by atoms with Crippen molar-refractivity contribution in [1.29, 1.82) is 0 Å². The number of halogens is 1. The number of amides is 1. The monoisotopic (exact) mass is 331 g/mol. The van der Waals surface area contributed by atoms with Crippen molar-refractivity contribution in [1.82, 2.24) is 4.90 Å². The fourth-order valence-electron chi connectivity index (χ4n) is 2.19. The number of hydrogen-bond acceptors (Lipinski definition) is 5. The molecule has 8 heteroatoms. The molecule has 0 aromatic heterocycles. The summed E-state index contributed by atoms with van der Waals surface area (Å²) >= 11 is 0. The van der Waals surface area contributed by atoms with Crippen LogP contribution in [0.1, 0.15) is 12.0 Å². The minimum Gasteiger partial charge on any atom is -0.445 e. The zero-order chi connectivity index (χ0) is 16.2. The summed E-state index contributed by atoms with van der Waals surface area (Å²) < 4.78 is 45.7. The summed E-state index contributed by atoms with van der Waals surface area (Å²) in [5.41, 5.74) is 0.836. The van der Waals surface area contributed by atoms with Gasteiger partial charge in [-0.2, -0.15) is 8.42 Å². The standard InChI is InChI=1S/C14H18FNO5S/c1-22(18,19)21-13-7-8-16(9-12(13)15)14(17)20-10-11-5-3-2-4-6-11/h2-6,12-13H,7-10H2,1H3/t12-,13-/m0/s1. The number of alkyl halides is 1.